The first-order valence-corrected chi connectivity index (χ1v) is 6.18. The zero-order valence-corrected chi connectivity index (χ0v) is 11.7. The van der Waals surface area contributed by atoms with Crippen LogP contribution in [-0.2, 0) is 10.8 Å². The maximum absolute atomic E-state index is 4.67. The highest BCUT2D eigenvalue weighted by molar-refractivity contribution is 5.43. The molecule has 2 aromatic rings. The van der Waals surface area contributed by atoms with Crippen LogP contribution in [0.3, 0.4) is 0 Å². The third kappa shape index (κ3) is 2.36. The highest BCUT2D eigenvalue weighted by Crippen LogP contribution is 2.25. The van der Waals surface area contributed by atoms with E-state index >= 15 is 0 Å². The normalized spacial score (nSPS) is 13.3. The lowest BCUT2D eigenvalue weighted by molar-refractivity contribution is 0.572. The summed E-state index contributed by atoms with van der Waals surface area (Å²) in [5.74, 6) is 0. The first-order chi connectivity index (χ1) is 7.68. The number of imidazole rings is 1. The van der Waals surface area contributed by atoms with Gasteiger partial charge < -0.3 is 4.40 Å². The lowest BCUT2D eigenvalue weighted by Crippen LogP contribution is -2.11. The fourth-order valence-electron chi connectivity index (χ4n) is 1.80. The van der Waals surface area contributed by atoms with Crippen molar-refractivity contribution in [2.45, 2.75) is 52.4 Å². The second kappa shape index (κ2) is 3.59. The minimum absolute atomic E-state index is 0.105. The van der Waals surface area contributed by atoms with Crippen LogP contribution in [0.2, 0.25) is 0 Å². The van der Waals surface area contributed by atoms with Crippen LogP contribution >= 0.6 is 0 Å². The molecule has 0 spiro atoms. The molecule has 2 heteroatoms. The zero-order chi connectivity index (χ0) is 12.8. The number of hydrogen-bond donors (Lipinski definition) is 0. The van der Waals surface area contributed by atoms with Crippen molar-refractivity contribution in [1.29, 1.82) is 0 Å². The summed E-state index contributed by atoms with van der Waals surface area (Å²) in [4.78, 5) is 4.67. The minimum atomic E-state index is 0.105. The average Bonchev–Trinajstić information content (AvgIpc) is 2.57. The van der Waals surface area contributed by atoms with Gasteiger partial charge in [0, 0.05) is 17.8 Å². The van der Waals surface area contributed by atoms with Gasteiger partial charge in [-0.05, 0) is 17.0 Å². The van der Waals surface area contributed by atoms with Gasteiger partial charge in [-0.25, -0.2) is 4.98 Å². The lowest BCUT2D eigenvalue weighted by atomic mass is 9.88. The Labute approximate surface area is 104 Å². The Kier molecular flexibility index (Phi) is 2.57. The Morgan fingerprint density at radius 1 is 0.882 bits per heavy atom. The van der Waals surface area contributed by atoms with Crippen molar-refractivity contribution >= 4 is 5.65 Å². The predicted octanol–water partition coefficient (Wildman–Crippen LogP) is 3.93. The SMILES string of the molecule is CC(C)(C)c1ccc2nc(C(C)(C)C)cn2c1. The molecule has 0 aliphatic heterocycles. The zero-order valence-electron chi connectivity index (χ0n) is 11.7. The molecule has 2 aromatic heterocycles. The van der Waals surface area contributed by atoms with E-state index in [9.17, 15) is 0 Å². The first-order valence-electron chi connectivity index (χ1n) is 6.18. The number of pyridine rings is 1. The van der Waals surface area contributed by atoms with Crippen LogP contribution in [0.15, 0.2) is 24.5 Å². The largest absolute Gasteiger partial charge is 0.307 e. The summed E-state index contributed by atoms with van der Waals surface area (Å²) in [6.45, 7) is 13.3. The molecule has 0 saturated carbocycles. The van der Waals surface area contributed by atoms with Crippen molar-refractivity contribution in [2.75, 3.05) is 0 Å². The van der Waals surface area contributed by atoms with Gasteiger partial charge in [-0.3, -0.25) is 0 Å². The van der Waals surface area contributed by atoms with Crippen molar-refractivity contribution in [2.24, 2.45) is 0 Å². The fourth-order valence-corrected chi connectivity index (χ4v) is 1.80. The molecule has 0 amide bonds. The molecular weight excluding hydrogens is 208 g/mol. The molecule has 92 valence electrons. The van der Waals surface area contributed by atoms with Gasteiger partial charge in [0.1, 0.15) is 5.65 Å². The Morgan fingerprint density at radius 3 is 2.06 bits per heavy atom. The van der Waals surface area contributed by atoms with E-state index in [1.807, 2.05) is 0 Å². The van der Waals surface area contributed by atoms with E-state index in [0.717, 1.165) is 11.3 Å². The van der Waals surface area contributed by atoms with Crippen LogP contribution in [0.1, 0.15) is 52.8 Å². The van der Waals surface area contributed by atoms with Gasteiger partial charge in [-0.1, -0.05) is 47.6 Å². The van der Waals surface area contributed by atoms with E-state index in [0.29, 0.717) is 0 Å². The van der Waals surface area contributed by atoms with Crippen molar-refractivity contribution in [3.63, 3.8) is 0 Å². The van der Waals surface area contributed by atoms with Crippen LogP contribution in [0.4, 0.5) is 0 Å². The van der Waals surface area contributed by atoms with E-state index in [1.165, 1.54) is 5.56 Å². The first kappa shape index (κ1) is 12.2. The van der Waals surface area contributed by atoms with Crippen LogP contribution in [0, 0.1) is 0 Å². The Bertz CT molecular complexity index is 524. The Balaban J connectivity index is 2.56. The summed E-state index contributed by atoms with van der Waals surface area (Å²) < 4.78 is 2.14. The number of fused-ring (bicyclic) bond motifs is 1. The smallest absolute Gasteiger partial charge is 0.137 e. The van der Waals surface area contributed by atoms with Crippen LogP contribution in [0.25, 0.3) is 5.65 Å². The van der Waals surface area contributed by atoms with Crippen LogP contribution in [0.5, 0.6) is 0 Å². The van der Waals surface area contributed by atoms with Gasteiger partial charge in [0.05, 0.1) is 5.69 Å². The number of aromatic nitrogens is 2. The summed E-state index contributed by atoms with van der Waals surface area (Å²) in [7, 11) is 0. The van der Waals surface area contributed by atoms with Gasteiger partial charge in [0.15, 0.2) is 0 Å². The van der Waals surface area contributed by atoms with Gasteiger partial charge in [-0.15, -0.1) is 0 Å². The van der Waals surface area contributed by atoms with Crippen molar-refractivity contribution in [3.05, 3.63) is 35.8 Å². The second-order valence-corrected chi connectivity index (χ2v) is 6.81. The molecule has 17 heavy (non-hydrogen) atoms. The molecule has 0 fully saturated rings. The fraction of sp³-hybridized carbons (Fsp3) is 0.533. The predicted molar refractivity (Wildman–Crippen MR) is 72.6 cm³/mol. The third-order valence-corrected chi connectivity index (χ3v) is 3.09. The molecule has 0 aliphatic carbocycles. The summed E-state index contributed by atoms with van der Waals surface area (Å²) in [5, 5.41) is 0. The monoisotopic (exact) mass is 230 g/mol. The van der Waals surface area contributed by atoms with Crippen LogP contribution in [-0.4, -0.2) is 9.38 Å². The Morgan fingerprint density at radius 2 is 1.53 bits per heavy atom. The molecule has 0 saturated heterocycles. The molecule has 0 bridgehead atoms. The number of nitrogens with zero attached hydrogens (tertiary/aromatic N) is 2. The highest BCUT2D eigenvalue weighted by Gasteiger charge is 2.19. The summed E-state index contributed by atoms with van der Waals surface area (Å²) >= 11 is 0. The quantitative estimate of drug-likeness (QED) is 0.670. The van der Waals surface area contributed by atoms with Gasteiger partial charge in [-0.2, -0.15) is 0 Å². The second-order valence-electron chi connectivity index (χ2n) is 6.81. The highest BCUT2D eigenvalue weighted by atomic mass is 15.0. The van der Waals surface area contributed by atoms with E-state index in [1.54, 1.807) is 0 Å². The van der Waals surface area contributed by atoms with E-state index in [-0.39, 0.29) is 10.8 Å². The van der Waals surface area contributed by atoms with Gasteiger partial charge in [0.2, 0.25) is 0 Å². The molecule has 2 heterocycles. The van der Waals surface area contributed by atoms with E-state index in [2.05, 4.69) is 75.5 Å². The summed E-state index contributed by atoms with van der Waals surface area (Å²) in [6.07, 6.45) is 4.34. The third-order valence-electron chi connectivity index (χ3n) is 3.09. The van der Waals surface area contributed by atoms with E-state index in [4.69, 9.17) is 0 Å². The number of rotatable bonds is 0. The molecule has 0 aromatic carbocycles. The minimum Gasteiger partial charge on any atom is -0.307 e. The molecule has 2 rings (SSSR count). The van der Waals surface area contributed by atoms with Gasteiger partial charge in [0.25, 0.3) is 0 Å². The van der Waals surface area contributed by atoms with Crippen LogP contribution < -0.4 is 0 Å². The summed E-state index contributed by atoms with van der Waals surface area (Å²) in [5.41, 5.74) is 3.79. The molecule has 0 aliphatic rings. The molecule has 0 radical (unpaired) electrons. The lowest BCUT2D eigenvalue weighted by Gasteiger charge is -2.18. The maximum Gasteiger partial charge on any atom is 0.137 e. The molecule has 2 nitrogen and oxygen atoms in total. The maximum atomic E-state index is 4.67. The van der Waals surface area contributed by atoms with Crippen molar-refractivity contribution in [3.8, 4) is 0 Å². The van der Waals surface area contributed by atoms with Crippen molar-refractivity contribution < 1.29 is 0 Å². The molecular formula is C15H22N2. The molecule has 0 atom stereocenters. The van der Waals surface area contributed by atoms with Crippen molar-refractivity contribution in [1.82, 2.24) is 9.38 Å². The standard InChI is InChI=1S/C15H22N2/c1-14(2,3)11-7-8-13-16-12(15(4,5)6)10-17(13)9-11/h7-10H,1-6H3. The topological polar surface area (TPSA) is 17.3 Å². The van der Waals surface area contributed by atoms with Gasteiger partial charge >= 0.3 is 0 Å². The summed E-state index contributed by atoms with van der Waals surface area (Å²) in [6, 6.07) is 4.28. The average molecular weight is 230 g/mol. The number of hydrogen-bond acceptors (Lipinski definition) is 1. The molecule has 0 N–H and O–H groups in total. The Hall–Kier alpha value is -1.31. The molecule has 0 unspecified atom stereocenters. The van der Waals surface area contributed by atoms with E-state index < -0.39 is 0 Å².